The third-order valence-electron chi connectivity index (χ3n) is 6.84. The molecule has 0 saturated heterocycles. The predicted molar refractivity (Wildman–Crippen MR) is 166 cm³/mol. The fraction of sp³-hybridized carbons (Fsp3) is 0.467. The second-order valence-electron chi connectivity index (χ2n) is 10.1. The lowest BCUT2D eigenvalue weighted by Gasteiger charge is -2.21. The second-order valence-corrected chi connectivity index (χ2v) is 10.6. The van der Waals surface area contributed by atoms with Crippen molar-refractivity contribution in [3.05, 3.63) is 64.7 Å². The molecule has 4 rings (SSSR count). The lowest BCUT2D eigenvalue weighted by atomic mass is 9.89. The Labute approximate surface area is 252 Å². The van der Waals surface area contributed by atoms with Gasteiger partial charge in [0.2, 0.25) is 17.8 Å². The number of ether oxygens (including phenoxy) is 2. The van der Waals surface area contributed by atoms with Crippen LogP contribution in [0.4, 0.5) is 23.5 Å². The highest BCUT2D eigenvalue weighted by molar-refractivity contribution is 6.30. The van der Waals surface area contributed by atoms with Crippen molar-refractivity contribution in [2.24, 2.45) is 11.7 Å². The molecule has 1 saturated carbocycles. The van der Waals surface area contributed by atoms with Crippen molar-refractivity contribution in [2.75, 3.05) is 62.0 Å². The zero-order chi connectivity index (χ0) is 29.4. The third-order valence-corrected chi connectivity index (χ3v) is 7.09. The van der Waals surface area contributed by atoms with Crippen LogP contribution in [-0.4, -0.2) is 66.9 Å². The van der Waals surface area contributed by atoms with Gasteiger partial charge < -0.3 is 36.5 Å². The molecule has 0 spiro atoms. The highest BCUT2D eigenvalue weighted by Crippen LogP contribution is 2.24. The molecule has 0 unspecified atom stereocenters. The van der Waals surface area contributed by atoms with Crippen LogP contribution in [-0.2, 0) is 16.0 Å². The first-order valence-electron chi connectivity index (χ1n) is 14.6. The Kier molecular flexibility index (Phi) is 13.1. The van der Waals surface area contributed by atoms with E-state index in [1.165, 1.54) is 32.1 Å². The smallest absolute Gasteiger partial charge is 0.251 e. The Hall–Kier alpha value is -3.51. The van der Waals surface area contributed by atoms with Gasteiger partial charge in [0, 0.05) is 42.5 Å². The van der Waals surface area contributed by atoms with E-state index in [2.05, 4.69) is 36.2 Å². The summed E-state index contributed by atoms with van der Waals surface area (Å²) in [4.78, 5) is 26.3. The van der Waals surface area contributed by atoms with Crippen molar-refractivity contribution < 1.29 is 14.3 Å². The van der Waals surface area contributed by atoms with E-state index in [-0.39, 0.29) is 5.91 Å². The molecule has 226 valence electrons. The zero-order valence-corrected chi connectivity index (χ0v) is 24.7. The normalized spacial score (nSPS) is 13.5. The standard InChI is InChI=1S/C30H41ClN8O3/c31-25-10-6-23(7-11-25)21-35-29-37-28(34-20-22-4-2-1-3-5-22)38-30(39-29)36-26-12-8-24(9-13-26)27(40)33-15-17-42-19-18-41-16-14-32/h6-13,22H,1-5,14-21,32H2,(H,33,40)(H3,34,35,36,37,38,39). The number of carbonyl (C=O) groups is 1. The summed E-state index contributed by atoms with van der Waals surface area (Å²) in [5, 5.41) is 13.5. The van der Waals surface area contributed by atoms with Gasteiger partial charge in [-0.15, -0.1) is 0 Å². The molecule has 6 N–H and O–H groups in total. The van der Waals surface area contributed by atoms with Crippen molar-refractivity contribution in [1.29, 1.82) is 0 Å². The Morgan fingerprint density at radius 2 is 1.50 bits per heavy atom. The quantitative estimate of drug-likeness (QED) is 0.140. The monoisotopic (exact) mass is 596 g/mol. The minimum absolute atomic E-state index is 0.174. The molecule has 1 amide bonds. The molecular weight excluding hydrogens is 556 g/mol. The second kappa shape index (κ2) is 17.4. The Morgan fingerprint density at radius 1 is 0.833 bits per heavy atom. The van der Waals surface area contributed by atoms with Gasteiger partial charge >= 0.3 is 0 Å². The molecule has 1 aromatic heterocycles. The molecule has 1 fully saturated rings. The van der Waals surface area contributed by atoms with Crippen LogP contribution >= 0.6 is 11.6 Å². The molecule has 11 nitrogen and oxygen atoms in total. The minimum Gasteiger partial charge on any atom is -0.378 e. The highest BCUT2D eigenvalue weighted by Gasteiger charge is 2.15. The minimum atomic E-state index is -0.174. The molecule has 0 atom stereocenters. The average Bonchev–Trinajstić information content (AvgIpc) is 3.02. The van der Waals surface area contributed by atoms with E-state index in [9.17, 15) is 4.79 Å². The Morgan fingerprint density at radius 3 is 2.21 bits per heavy atom. The lowest BCUT2D eigenvalue weighted by molar-refractivity contribution is 0.0511. The summed E-state index contributed by atoms with van der Waals surface area (Å²) in [6, 6.07) is 14.8. The number of hydrogen-bond donors (Lipinski definition) is 5. The average molecular weight is 597 g/mol. The van der Waals surface area contributed by atoms with Crippen LogP contribution < -0.4 is 27.0 Å². The SMILES string of the molecule is NCCOCCOCCNC(=O)c1ccc(Nc2nc(NCc3ccc(Cl)cc3)nc(NCC3CCCCC3)n2)cc1. The van der Waals surface area contributed by atoms with Gasteiger partial charge in [0.05, 0.1) is 26.4 Å². The van der Waals surface area contributed by atoms with Crippen LogP contribution in [0.3, 0.4) is 0 Å². The van der Waals surface area contributed by atoms with Gasteiger partial charge in [-0.05, 0) is 60.7 Å². The van der Waals surface area contributed by atoms with Crippen molar-refractivity contribution in [3.8, 4) is 0 Å². The first-order valence-corrected chi connectivity index (χ1v) is 15.0. The number of halogens is 1. The molecule has 12 heteroatoms. The molecule has 0 radical (unpaired) electrons. The maximum absolute atomic E-state index is 12.5. The first kappa shape index (κ1) is 31.4. The summed E-state index contributed by atoms with van der Waals surface area (Å²) in [6.07, 6.45) is 6.31. The molecule has 0 aliphatic heterocycles. The Balaban J connectivity index is 1.33. The molecule has 1 aliphatic rings. The zero-order valence-electron chi connectivity index (χ0n) is 23.9. The summed E-state index contributed by atoms with van der Waals surface area (Å²) < 4.78 is 10.7. The lowest BCUT2D eigenvalue weighted by Crippen LogP contribution is -2.27. The Bertz CT molecular complexity index is 1220. The van der Waals surface area contributed by atoms with Gasteiger partial charge in [-0.25, -0.2) is 0 Å². The van der Waals surface area contributed by atoms with E-state index in [0.29, 0.717) is 80.4 Å². The third kappa shape index (κ3) is 11.1. The molecular formula is C30H41ClN8O3. The number of rotatable bonds is 17. The van der Waals surface area contributed by atoms with E-state index in [1.54, 1.807) is 12.1 Å². The van der Waals surface area contributed by atoms with Crippen LogP contribution in [0.2, 0.25) is 5.02 Å². The molecule has 3 aromatic rings. The number of benzene rings is 2. The van der Waals surface area contributed by atoms with Gasteiger partial charge in [-0.3, -0.25) is 4.79 Å². The maximum atomic E-state index is 12.5. The van der Waals surface area contributed by atoms with Crippen molar-refractivity contribution in [3.63, 3.8) is 0 Å². The number of nitrogens with zero attached hydrogens (tertiary/aromatic N) is 3. The fourth-order valence-electron chi connectivity index (χ4n) is 4.58. The summed E-state index contributed by atoms with van der Waals surface area (Å²) >= 11 is 6.02. The molecule has 42 heavy (non-hydrogen) atoms. The number of aromatic nitrogens is 3. The molecule has 1 aliphatic carbocycles. The molecule has 0 bridgehead atoms. The highest BCUT2D eigenvalue weighted by atomic mass is 35.5. The number of carbonyl (C=O) groups excluding carboxylic acids is 1. The van der Waals surface area contributed by atoms with E-state index in [4.69, 9.17) is 26.8 Å². The van der Waals surface area contributed by atoms with E-state index in [1.807, 2.05) is 36.4 Å². The van der Waals surface area contributed by atoms with Gasteiger partial charge in [0.25, 0.3) is 5.91 Å². The topological polar surface area (TPSA) is 148 Å². The van der Waals surface area contributed by atoms with E-state index < -0.39 is 0 Å². The van der Waals surface area contributed by atoms with Crippen LogP contribution in [0.25, 0.3) is 0 Å². The maximum Gasteiger partial charge on any atom is 0.251 e. The number of nitrogens with two attached hydrogens (primary N) is 1. The van der Waals surface area contributed by atoms with E-state index in [0.717, 1.165) is 17.8 Å². The largest absolute Gasteiger partial charge is 0.378 e. The molecule has 1 heterocycles. The first-order chi connectivity index (χ1) is 20.6. The van der Waals surface area contributed by atoms with Gasteiger partial charge in [-0.1, -0.05) is 43.0 Å². The summed E-state index contributed by atoms with van der Waals surface area (Å²) in [7, 11) is 0. The van der Waals surface area contributed by atoms with Crippen molar-refractivity contribution in [1.82, 2.24) is 20.3 Å². The summed E-state index contributed by atoms with van der Waals surface area (Å²) in [5.41, 5.74) is 7.73. The van der Waals surface area contributed by atoms with Crippen LogP contribution in [0.1, 0.15) is 48.0 Å². The number of hydrogen-bond acceptors (Lipinski definition) is 10. The van der Waals surface area contributed by atoms with Crippen LogP contribution in [0, 0.1) is 5.92 Å². The summed E-state index contributed by atoms with van der Waals surface area (Å²) in [6.45, 7) is 4.13. The fourth-order valence-corrected chi connectivity index (χ4v) is 4.70. The number of anilines is 4. The van der Waals surface area contributed by atoms with Crippen LogP contribution in [0.5, 0.6) is 0 Å². The van der Waals surface area contributed by atoms with Crippen molar-refractivity contribution in [2.45, 2.75) is 38.6 Å². The predicted octanol–water partition coefficient (Wildman–Crippen LogP) is 4.59. The number of amides is 1. The molecule has 2 aromatic carbocycles. The number of nitrogens with one attached hydrogen (secondary N) is 4. The van der Waals surface area contributed by atoms with Crippen LogP contribution in [0.15, 0.2) is 48.5 Å². The van der Waals surface area contributed by atoms with Gasteiger partial charge in [0.15, 0.2) is 0 Å². The van der Waals surface area contributed by atoms with Gasteiger partial charge in [-0.2, -0.15) is 15.0 Å². The van der Waals surface area contributed by atoms with Gasteiger partial charge in [0.1, 0.15) is 0 Å². The summed E-state index contributed by atoms with van der Waals surface area (Å²) in [5.74, 6) is 1.82. The van der Waals surface area contributed by atoms with Crippen molar-refractivity contribution >= 4 is 41.0 Å². The van der Waals surface area contributed by atoms with E-state index >= 15 is 0 Å².